The van der Waals surface area contributed by atoms with Crippen LogP contribution in [0.3, 0.4) is 0 Å². The van der Waals surface area contributed by atoms with Gasteiger partial charge >= 0.3 is 6.01 Å². The van der Waals surface area contributed by atoms with Gasteiger partial charge in [0.15, 0.2) is 0 Å². The smallest absolute Gasteiger partial charge is 0.322 e. The van der Waals surface area contributed by atoms with Crippen molar-refractivity contribution in [2.75, 3.05) is 0 Å². The van der Waals surface area contributed by atoms with Crippen LogP contribution in [0.2, 0.25) is 0 Å². The van der Waals surface area contributed by atoms with Gasteiger partial charge in [-0.3, -0.25) is 0 Å². The minimum atomic E-state index is -0.290. The van der Waals surface area contributed by atoms with Crippen LogP contribution in [0.15, 0.2) is 73.2 Å². The molecule has 0 radical (unpaired) electrons. The van der Waals surface area contributed by atoms with E-state index in [-0.39, 0.29) is 11.8 Å². The van der Waals surface area contributed by atoms with Crippen molar-refractivity contribution < 1.29 is 9.13 Å². The molecule has 0 aliphatic rings. The number of aromatic amines is 1. The molecule has 0 fully saturated rings. The molecule has 0 aliphatic carbocycles. The largest absolute Gasteiger partial charge is 0.424 e. The zero-order valence-electron chi connectivity index (χ0n) is 13.1. The molecule has 0 saturated carbocycles. The first kappa shape index (κ1) is 15.0. The Bertz CT molecular complexity index is 984. The van der Waals surface area contributed by atoms with Crippen molar-refractivity contribution in [2.24, 2.45) is 0 Å². The van der Waals surface area contributed by atoms with E-state index in [2.05, 4.69) is 19.9 Å². The quantitative estimate of drug-likeness (QED) is 0.599. The molecule has 0 spiro atoms. The number of nitrogens with zero attached hydrogens (tertiary/aromatic N) is 3. The Balaban J connectivity index is 1.68. The molecule has 122 valence electrons. The Morgan fingerprint density at radius 2 is 1.68 bits per heavy atom. The second-order valence-corrected chi connectivity index (χ2v) is 5.27. The zero-order chi connectivity index (χ0) is 17.1. The Labute approximate surface area is 143 Å². The van der Waals surface area contributed by atoms with Crippen molar-refractivity contribution in [2.45, 2.75) is 0 Å². The summed E-state index contributed by atoms with van der Waals surface area (Å²) in [5.41, 5.74) is 2.83. The van der Waals surface area contributed by atoms with Gasteiger partial charge in [-0.25, -0.2) is 14.4 Å². The average Bonchev–Trinajstić information content (AvgIpc) is 3.13. The molecule has 1 N–H and O–H groups in total. The predicted molar refractivity (Wildman–Crippen MR) is 91.5 cm³/mol. The van der Waals surface area contributed by atoms with Crippen LogP contribution in [0.5, 0.6) is 11.8 Å². The van der Waals surface area contributed by atoms with Crippen molar-refractivity contribution in [3.8, 4) is 34.4 Å². The van der Waals surface area contributed by atoms with E-state index in [0.717, 1.165) is 5.56 Å². The minimum Gasteiger partial charge on any atom is -0.424 e. The van der Waals surface area contributed by atoms with Crippen LogP contribution in [0, 0.1) is 5.82 Å². The average molecular weight is 332 g/mol. The van der Waals surface area contributed by atoms with Gasteiger partial charge in [-0.1, -0.05) is 18.2 Å². The van der Waals surface area contributed by atoms with Crippen molar-refractivity contribution >= 4 is 0 Å². The van der Waals surface area contributed by atoms with E-state index in [1.165, 1.54) is 12.1 Å². The van der Waals surface area contributed by atoms with E-state index >= 15 is 0 Å². The molecule has 6 heteroatoms. The van der Waals surface area contributed by atoms with Crippen LogP contribution in [0.25, 0.3) is 22.6 Å². The van der Waals surface area contributed by atoms with Gasteiger partial charge in [-0.05, 0) is 42.5 Å². The summed E-state index contributed by atoms with van der Waals surface area (Å²) in [7, 11) is 0. The van der Waals surface area contributed by atoms with Crippen molar-refractivity contribution in [1.82, 2.24) is 19.9 Å². The van der Waals surface area contributed by atoms with Gasteiger partial charge in [0.25, 0.3) is 0 Å². The molecule has 0 amide bonds. The molecule has 4 rings (SSSR count). The highest BCUT2D eigenvalue weighted by Crippen LogP contribution is 2.29. The first-order valence-corrected chi connectivity index (χ1v) is 7.65. The second kappa shape index (κ2) is 6.52. The maximum Gasteiger partial charge on any atom is 0.322 e. The van der Waals surface area contributed by atoms with Gasteiger partial charge in [-0.2, -0.15) is 4.98 Å². The molecule has 5 nitrogen and oxygen atoms in total. The number of rotatable bonds is 4. The van der Waals surface area contributed by atoms with E-state index in [9.17, 15) is 4.39 Å². The van der Waals surface area contributed by atoms with Gasteiger partial charge in [-0.15, -0.1) is 0 Å². The third-order valence-corrected chi connectivity index (χ3v) is 3.60. The van der Waals surface area contributed by atoms with Gasteiger partial charge in [0, 0.05) is 11.8 Å². The molecule has 0 aliphatic heterocycles. The first-order valence-electron chi connectivity index (χ1n) is 7.65. The van der Waals surface area contributed by atoms with Gasteiger partial charge in [0.05, 0.1) is 23.4 Å². The van der Waals surface area contributed by atoms with Crippen molar-refractivity contribution in [1.29, 1.82) is 0 Å². The monoisotopic (exact) mass is 332 g/mol. The van der Waals surface area contributed by atoms with Gasteiger partial charge in [0.2, 0.25) is 0 Å². The van der Waals surface area contributed by atoms with E-state index in [1.807, 2.05) is 30.3 Å². The molecule has 25 heavy (non-hydrogen) atoms. The molecular weight excluding hydrogens is 319 g/mol. The van der Waals surface area contributed by atoms with Crippen LogP contribution in [-0.4, -0.2) is 19.9 Å². The molecule has 2 aromatic carbocycles. The molecule has 2 heterocycles. The lowest BCUT2D eigenvalue weighted by atomic mass is 10.1. The van der Waals surface area contributed by atoms with Crippen LogP contribution in [0.4, 0.5) is 4.39 Å². The summed E-state index contributed by atoms with van der Waals surface area (Å²) in [5, 5.41) is 0. The highest BCUT2D eigenvalue weighted by Gasteiger charge is 2.13. The molecule has 2 aromatic heterocycles. The van der Waals surface area contributed by atoms with Crippen molar-refractivity contribution in [3.05, 3.63) is 79.0 Å². The highest BCUT2D eigenvalue weighted by atomic mass is 19.1. The fraction of sp³-hybridized carbons (Fsp3) is 0. The summed E-state index contributed by atoms with van der Waals surface area (Å²) in [5.74, 6) is 0.365. The first-order chi connectivity index (χ1) is 12.3. The van der Waals surface area contributed by atoms with Crippen LogP contribution in [0.1, 0.15) is 0 Å². The van der Waals surface area contributed by atoms with Crippen LogP contribution in [-0.2, 0) is 0 Å². The predicted octanol–water partition coefficient (Wildman–Crippen LogP) is 4.47. The highest BCUT2D eigenvalue weighted by molar-refractivity contribution is 5.76. The topological polar surface area (TPSA) is 63.7 Å². The summed E-state index contributed by atoms with van der Waals surface area (Å²) in [6.07, 6.45) is 3.20. The Kier molecular flexibility index (Phi) is 3.92. The summed E-state index contributed by atoms with van der Waals surface area (Å²) < 4.78 is 18.8. The third-order valence-electron chi connectivity index (χ3n) is 3.60. The third kappa shape index (κ3) is 3.23. The summed E-state index contributed by atoms with van der Waals surface area (Å²) in [6, 6.07) is 17.5. The molecule has 4 aromatic rings. The Morgan fingerprint density at radius 3 is 2.48 bits per heavy atom. The molecular formula is C19H13FN4O. The number of hydrogen-bond donors (Lipinski definition) is 1. The number of halogens is 1. The standard InChI is InChI=1S/C19H13FN4O/c20-14-8-6-13(7-9-14)17-18(23-12-22-17)16-10-11-21-19(24-16)25-15-4-2-1-3-5-15/h1-12H,(H,22,23). The Hall–Kier alpha value is -3.54. The fourth-order valence-electron chi connectivity index (χ4n) is 2.44. The number of para-hydroxylation sites is 1. The van der Waals surface area contributed by atoms with E-state index in [4.69, 9.17) is 4.74 Å². The second-order valence-electron chi connectivity index (χ2n) is 5.27. The fourth-order valence-corrected chi connectivity index (χ4v) is 2.44. The van der Waals surface area contributed by atoms with E-state index in [0.29, 0.717) is 22.8 Å². The number of benzene rings is 2. The lowest BCUT2D eigenvalue weighted by molar-refractivity contribution is 0.442. The lowest BCUT2D eigenvalue weighted by Crippen LogP contribution is -1.94. The van der Waals surface area contributed by atoms with Crippen molar-refractivity contribution in [3.63, 3.8) is 0 Å². The number of imidazole rings is 1. The summed E-state index contributed by atoms with van der Waals surface area (Å²) in [6.45, 7) is 0. The van der Waals surface area contributed by atoms with Crippen LogP contribution >= 0.6 is 0 Å². The molecule has 0 atom stereocenters. The molecule has 0 saturated heterocycles. The van der Waals surface area contributed by atoms with Crippen LogP contribution < -0.4 is 4.74 Å². The number of hydrogen-bond acceptors (Lipinski definition) is 4. The summed E-state index contributed by atoms with van der Waals surface area (Å²) in [4.78, 5) is 16.0. The van der Waals surface area contributed by atoms with Gasteiger partial charge in [0.1, 0.15) is 11.6 Å². The number of ether oxygens (including phenoxy) is 1. The van der Waals surface area contributed by atoms with E-state index in [1.54, 1.807) is 30.7 Å². The summed E-state index contributed by atoms with van der Waals surface area (Å²) >= 11 is 0. The Morgan fingerprint density at radius 1 is 0.880 bits per heavy atom. The molecule has 0 unspecified atom stereocenters. The maximum absolute atomic E-state index is 13.1. The normalized spacial score (nSPS) is 10.6. The number of nitrogens with one attached hydrogen (secondary N) is 1. The number of aromatic nitrogens is 4. The lowest BCUT2D eigenvalue weighted by Gasteiger charge is -2.06. The maximum atomic E-state index is 13.1. The molecule has 0 bridgehead atoms. The minimum absolute atomic E-state index is 0.239. The zero-order valence-corrected chi connectivity index (χ0v) is 13.1. The number of H-pyrrole nitrogens is 1. The van der Waals surface area contributed by atoms with E-state index < -0.39 is 0 Å². The van der Waals surface area contributed by atoms with Gasteiger partial charge < -0.3 is 9.72 Å². The SMILES string of the molecule is Fc1ccc(-c2nc[nH]c2-c2ccnc(Oc3ccccc3)n2)cc1.